The Balaban J connectivity index is 1.77. The lowest BCUT2D eigenvalue weighted by Gasteiger charge is -2.07. The van der Waals surface area contributed by atoms with Gasteiger partial charge in [-0.1, -0.05) is 11.6 Å². The van der Waals surface area contributed by atoms with Crippen molar-refractivity contribution in [3.05, 3.63) is 52.4 Å². The molecular formula is C19H24ClNO4. The Hall–Kier alpha value is -1.98. The quantitative estimate of drug-likeness (QED) is 0.670. The summed E-state index contributed by atoms with van der Waals surface area (Å²) in [6.45, 7) is 7.29. The predicted octanol–water partition coefficient (Wildman–Crippen LogP) is 4.37. The minimum atomic E-state index is -0.238. The number of carbonyl (C=O) groups is 1. The molecule has 1 amide bonds. The fraction of sp³-hybridized carbons (Fsp3) is 0.421. The van der Waals surface area contributed by atoms with Gasteiger partial charge in [-0.3, -0.25) is 4.79 Å². The maximum atomic E-state index is 12.0. The Kier molecular flexibility index (Phi) is 7.34. The van der Waals surface area contributed by atoms with Gasteiger partial charge in [0.1, 0.15) is 18.1 Å². The number of furan rings is 1. The summed E-state index contributed by atoms with van der Waals surface area (Å²) >= 11 is 5.99. The van der Waals surface area contributed by atoms with Crippen LogP contribution in [0.15, 0.2) is 34.7 Å². The summed E-state index contributed by atoms with van der Waals surface area (Å²) in [6, 6.07) is 8.82. The van der Waals surface area contributed by atoms with E-state index >= 15 is 0 Å². The van der Waals surface area contributed by atoms with E-state index in [1.807, 2.05) is 26.8 Å². The number of benzene rings is 1. The van der Waals surface area contributed by atoms with E-state index in [0.29, 0.717) is 29.7 Å². The van der Waals surface area contributed by atoms with E-state index in [-0.39, 0.29) is 24.4 Å². The second kappa shape index (κ2) is 9.49. The van der Waals surface area contributed by atoms with Crippen molar-refractivity contribution in [1.29, 1.82) is 0 Å². The molecule has 136 valence electrons. The summed E-state index contributed by atoms with van der Waals surface area (Å²) in [4.78, 5) is 12.0. The number of halogens is 1. The van der Waals surface area contributed by atoms with Crippen molar-refractivity contribution in [3.8, 4) is 5.75 Å². The second-order valence-corrected chi connectivity index (χ2v) is 6.40. The van der Waals surface area contributed by atoms with E-state index in [9.17, 15) is 4.79 Å². The molecule has 2 aromatic rings. The van der Waals surface area contributed by atoms with Crippen LogP contribution in [0.1, 0.15) is 42.1 Å². The first-order valence-electron chi connectivity index (χ1n) is 8.33. The lowest BCUT2D eigenvalue weighted by Crippen LogP contribution is -2.25. The van der Waals surface area contributed by atoms with E-state index in [1.54, 1.807) is 24.3 Å². The monoisotopic (exact) mass is 365 g/mol. The van der Waals surface area contributed by atoms with Crippen LogP contribution in [-0.2, 0) is 11.3 Å². The highest BCUT2D eigenvalue weighted by atomic mass is 35.5. The highest BCUT2D eigenvalue weighted by molar-refractivity contribution is 6.31. The average molecular weight is 366 g/mol. The lowest BCUT2D eigenvalue weighted by molar-refractivity contribution is 0.0753. The minimum absolute atomic E-state index is 0.202. The third kappa shape index (κ3) is 6.44. The maximum absolute atomic E-state index is 12.0. The minimum Gasteiger partial charge on any atom is -0.486 e. The molecular weight excluding hydrogens is 342 g/mol. The van der Waals surface area contributed by atoms with E-state index in [1.165, 1.54) is 0 Å². The molecule has 0 aliphatic rings. The number of hydrogen-bond donors (Lipinski definition) is 1. The molecule has 0 aliphatic heterocycles. The molecule has 5 nitrogen and oxygen atoms in total. The fourth-order valence-corrected chi connectivity index (χ4v) is 2.24. The molecule has 0 aliphatic carbocycles. The van der Waals surface area contributed by atoms with Crippen molar-refractivity contribution in [2.45, 2.75) is 39.9 Å². The third-order valence-electron chi connectivity index (χ3n) is 3.45. The average Bonchev–Trinajstić information content (AvgIpc) is 3.04. The van der Waals surface area contributed by atoms with Crippen molar-refractivity contribution in [3.63, 3.8) is 0 Å². The van der Waals surface area contributed by atoms with Gasteiger partial charge in [0.2, 0.25) is 0 Å². The molecule has 6 heteroatoms. The molecule has 0 spiro atoms. The van der Waals surface area contributed by atoms with Gasteiger partial charge in [-0.2, -0.15) is 0 Å². The molecule has 0 radical (unpaired) electrons. The third-order valence-corrected chi connectivity index (χ3v) is 3.88. The summed E-state index contributed by atoms with van der Waals surface area (Å²) in [6.07, 6.45) is 0.962. The van der Waals surface area contributed by atoms with E-state index in [4.69, 9.17) is 25.5 Å². The molecule has 0 saturated heterocycles. The SMILES string of the molecule is Cc1cc(OCc2ccc(C(=O)NCCCOC(C)C)o2)ccc1Cl. The summed E-state index contributed by atoms with van der Waals surface area (Å²) in [5, 5.41) is 3.50. The van der Waals surface area contributed by atoms with Crippen LogP contribution in [0.25, 0.3) is 0 Å². The van der Waals surface area contributed by atoms with E-state index in [2.05, 4.69) is 5.32 Å². The van der Waals surface area contributed by atoms with Gasteiger partial charge in [-0.15, -0.1) is 0 Å². The Morgan fingerprint density at radius 1 is 1.28 bits per heavy atom. The largest absolute Gasteiger partial charge is 0.486 e. The van der Waals surface area contributed by atoms with Crippen LogP contribution in [-0.4, -0.2) is 25.2 Å². The molecule has 0 unspecified atom stereocenters. The predicted molar refractivity (Wildman–Crippen MR) is 97.3 cm³/mol. The second-order valence-electron chi connectivity index (χ2n) is 5.99. The van der Waals surface area contributed by atoms with Gasteiger partial charge >= 0.3 is 0 Å². The van der Waals surface area contributed by atoms with Gasteiger partial charge in [0, 0.05) is 18.2 Å². The summed E-state index contributed by atoms with van der Waals surface area (Å²) in [7, 11) is 0. The first-order valence-corrected chi connectivity index (χ1v) is 8.71. The number of amides is 1. The molecule has 25 heavy (non-hydrogen) atoms. The van der Waals surface area contributed by atoms with Gasteiger partial charge < -0.3 is 19.2 Å². The van der Waals surface area contributed by atoms with Crippen molar-refractivity contribution in [2.75, 3.05) is 13.2 Å². The fourth-order valence-electron chi connectivity index (χ4n) is 2.12. The van der Waals surface area contributed by atoms with E-state index < -0.39 is 0 Å². The van der Waals surface area contributed by atoms with Crippen LogP contribution in [0.5, 0.6) is 5.75 Å². The first kappa shape index (κ1) is 19.3. The molecule has 1 aromatic heterocycles. The molecule has 0 bridgehead atoms. The van der Waals surface area contributed by atoms with Crippen molar-refractivity contribution in [2.24, 2.45) is 0 Å². The van der Waals surface area contributed by atoms with Gasteiger partial charge in [0.05, 0.1) is 6.10 Å². The van der Waals surface area contributed by atoms with Gasteiger partial charge in [-0.05, 0) is 63.1 Å². The highest BCUT2D eigenvalue weighted by Gasteiger charge is 2.11. The molecule has 0 atom stereocenters. The van der Waals surface area contributed by atoms with Crippen LogP contribution in [0.3, 0.4) is 0 Å². The number of hydrogen-bond acceptors (Lipinski definition) is 4. The number of carbonyl (C=O) groups excluding carboxylic acids is 1. The van der Waals surface area contributed by atoms with Crippen molar-refractivity contribution in [1.82, 2.24) is 5.32 Å². The number of rotatable bonds is 9. The summed E-state index contributed by atoms with van der Waals surface area (Å²) in [5.41, 5.74) is 0.945. The normalized spacial score (nSPS) is 10.9. The Morgan fingerprint density at radius 3 is 2.80 bits per heavy atom. The maximum Gasteiger partial charge on any atom is 0.286 e. The van der Waals surface area contributed by atoms with Gasteiger partial charge in [0.25, 0.3) is 5.91 Å². The van der Waals surface area contributed by atoms with Gasteiger partial charge in [0.15, 0.2) is 5.76 Å². The summed E-state index contributed by atoms with van der Waals surface area (Å²) < 4.78 is 16.6. The topological polar surface area (TPSA) is 60.7 Å². The molecule has 0 fully saturated rings. The smallest absolute Gasteiger partial charge is 0.286 e. The Bertz CT molecular complexity index is 696. The summed E-state index contributed by atoms with van der Waals surface area (Å²) in [5.74, 6) is 1.32. The van der Waals surface area contributed by atoms with Crippen LogP contribution in [0, 0.1) is 6.92 Å². The zero-order valence-corrected chi connectivity index (χ0v) is 15.6. The lowest BCUT2D eigenvalue weighted by atomic mass is 10.2. The van der Waals surface area contributed by atoms with E-state index in [0.717, 1.165) is 12.0 Å². The highest BCUT2D eigenvalue weighted by Crippen LogP contribution is 2.22. The van der Waals surface area contributed by atoms with Crippen LogP contribution in [0.4, 0.5) is 0 Å². The molecule has 2 rings (SSSR count). The van der Waals surface area contributed by atoms with Crippen LogP contribution < -0.4 is 10.1 Å². The number of aryl methyl sites for hydroxylation is 1. The van der Waals surface area contributed by atoms with Gasteiger partial charge in [-0.25, -0.2) is 0 Å². The standard InChI is InChI=1S/C19H24ClNO4/c1-13(2)23-10-4-9-21-19(22)18-8-6-16(25-18)12-24-15-5-7-17(20)14(3)11-15/h5-8,11,13H,4,9-10,12H2,1-3H3,(H,21,22). The Labute approximate surface area is 153 Å². The number of ether oxygens (including phenoxy) is 2. The molecule has 1 heterocycles. The first-order chi connectivity index (χ1) is 12.0. The van der Waals surface area contributed by atoms with Crippen molar-refractivity contribution < 1.29 is 18.7 Å². The molecule has 1 N–H and O–H groups in total. The zero-order chi connectivity index (χ0) is 18.2. The zero-order valence-electron chi connectivity index (χ0n) is 14.8. The molecule has 1 aromatic carbocycles. The number of nitrogens with one attached hydrogen (secondary N) is 1. The Morgan fingerprint density at radius 2 is 2.08 bits per heavy atom. The van der Waals surface area contributed by atoms with Crippen LogP contribution >= 0.6 is 11.6 Å². The molecule has 0 saturated carbocycles. The van der Waals surface area contributed by atoms with Crippen LogP contribution in [0.2, 0.25) is 5.02 Å². The van der Waals surface area contributed by atoms with Crippen molar-refractivity contribution >= 4 is 17.5 Å².